The molecule has 0 unspecified atom stereocenters. The lowest BCUT2D eigenvalue weighted by Gasteiger charge is -2.36. The molecule has 2 aliphatic heterocycles. The Morgan fingerprint density at radius 2 is 1.88 bits per heavy atom. The van der Waals surface area contributed by atoms with Crippen LogP contribution in [0.1, 0.15) is 62.8 Å². The second-order valence-corrected chi connectivity index (χ2v) is 7.50. The monoisotopic (exact) mass is 362 g/mol. The number of nitrogens with zero attached hydrogens (tertiary/aromatic N) is 3. The van der Waals surface area contributed by atoms with Crippen LogP contribution in [0.15, 0.2) is 4.52 Å². The van der Waals surface area contributed by atoms with Crippen LogP contribution in [0.2, 0.25) is 0 Å². The molecule has 2 saturated heterocycles. The molecular formula is C18H26N4O4. The Morgan fingerprint density at radius 1 is 1.08 bits per heavy atom. The molecule has 3 heterocycles. The Balaban J connectivity index is 1.21. The number of nitrogens with one attached hydrogen (secondary N) is 1. The van der Waals surface area contributed by atoms with Crippen LogP contribution in [-0.2, 0) is 20.9 Å². The van der Waals surface area contributed by atoms with Gasteiger partial charge in [-0.15, -0.1) is 0 Å². The van der Waals surface area contributed by atoms with Gasteiger partial charge in [-0.25, -0.2) is 0 Å². The fraction of sp³-hybridized carbons (Fsp3) is 0.778. The van der Waals surface area contributed by atoms with Crippen LogP contribution in [0.25, 0.3) is 0 Å². The van der Waals surface area contributed by atoms with Crippen LogP contribution in [0.3, 0.4) is 0 Å². The zero-order valence-electron chi connectivity index (χ0n) is 15.0. The van der Waals surface area contributed by atoms with Gasteiger partial charge < -0.3 is 19.5 Å². The van der Waals surface area contributed by atoms with Crippen molar-refractivity contribution in [3.05, 3.63) is 11.7 Å². The molecular weight excluding hydrogens is 336 g/mol. The minimum absolute atomic E-state index is 0.00390. The summed E-state index contributed by atoms with van der Waals surface area (Å²) < 4.78 is 10.7. The van der Waals surface area contributed by atoms with E-state index >= 15 is 0 Å². The Hall–Kier alpha value is -1.96. The molecule has 0 radical (unpaired) electrons. The summed E-state index contributed by atoms with van der Waals surface area (Å²) in [5.74, 6) is 1.44. The van der Waals surface area contributed by atoms with Crippen molar-refractivity contribution in [2.24, 2.45) is 11.8 Å². The number of amides is 2. The summed E-state index contributed by atoms with van der Waals surface area (Å²) in [5, 5.41) is 6.81. The first kappa shape index (κ1) is 17.5. The average molecular weight is 362 g/mol. The average Bonchev–Trinajstić information content (AvgIpc) is 3.29. The normalized spacial score (nSPS) is 24.5. The van der Waals surface area contributed by atoms with Gasteiger partial charge >= 0.3 is 0 Å². The molecule has 1 aromatic rings. The molecule has 26 heavy (non-hydrogen) atoms. The van der Waals surface area contributed by atoms with Gasteiger partial charge in [-0.1, -0.05) is 11.6 Å². The summed E-state index contributed by atoms with van der Waals surface area (Å²) in [6.07, 6.45) is 6.45. The molecule has 0 aromatic carbocycles. The van der Waals surface area contributed by atoms with E-state index in [4.69, 9.17) is 9.26 Å². The third-order valence-corrected chi connectivity index (χ3v) is 5.74. The van der Waals surface area contributed by atoms with Gasteiger partial charge in [0.1, 0.15) is 6.10 Å². The number of likely N-dealkylation sites (tertiary alicyclic amines) is 1. The summed E-state index contributed by atoms with van der Waals surface area (Å²) in [6.45, 7) is 2.34. The van der Waals surface area contributed by atoms with Crippen LogP contribution in [0.4, 0.5) is 0 Å². The highest BCUT2D eigenvalue weighted by Crippen LogP contribution is 2.30. The molecule has 142 valence electrons. The summed E-state index contributed by atoms with van der Waals surface area (Å²) in [6, 6.07) is 0. The van der Waals surface area contributed by atoms with Crippen molar-refractivity contribution in [1.29, 1.82) is 0 Å². The quantitative estimate of drug-likeness (QED) is 0.854. The molecule has 8 nitrogen and oxygen atoms in total. The van der Waals surface area contributed by atoms with E-state index < -0.39 is 0 Å². The molecule has 1 aliphatic carbocycles. The molecule has 0 spiro atoms. The summed E-state index contributed by atoms with van der Waals surface area (Å²) >= 11 is 0. The lowest BCUT2D eigenvalue weighted by molar-refractivity contribution is -0.141. The van der Waals surface area contributed by atoms with Crippen molar-refractivity contribution in [2.45, 2.75) is 57.6 Å². The lowest BCUT2D eigenvalue weighted by atomic mass is 9.83. The van der Waals surface area contributed by atoms with Gasteiger partial charge in [0.25, 0.3) is 5.89 Å². The van der Waals surface area contributed by atoms with Crippen LogP contribution >= 0.6 is 0 Å². The second-order valence-electron chi connectivity index (χ2n) is 7.50. The van der Waals surface area contributed by atoms with Crippen molar-refractivity contribution in [3.63, 3.8) is 0 Å². The number of hydrogen-bond donors (Lipinski definition) is 1. The van der Waals surface area contributed by atoms with E-state index in [9.17, 15) is 9.59 Å². The standard InChI is InChI=1S/C18H26N4O4/c23-16(12-6-8-22(9-7-12)18(24)13-3-1-4-13)19-11-15-20-17(26-21-15)14-5-2-10-25-14/h12-14H,1-11H2,(H,19,23)/t14-/m0/s1. The summed E-state index contributed by atoms with van der Waals surface area (Å²) in [7, 11) is 0. The maximum atomic E-state index is 12.4. The number of piperidine rings is 1. The second kappa shape index (κ2) is 7.73. The number of carbonyl (C=O) groups excluding carboxylic acids is 2. The zero-order valence-corrected chi connectivity index (χ0v) is 15.0. The van der Waals surface area contributed by atoms with Gasteiger partial charge in [-0.05, 0) is 38.5 Å². The van der Waals surface area contributed by atoms with Crippen molar-refractivity contribution in [3.8, 4) is 0 Å². The van der Waals surface area contributed by atoms with E-state index in [0.717, 1.165) is 45.1 Å². The van der Waals surface area contributed by atoms with Gasteiger partial charge in [0.2, 0.25) is 11.8 Å². The van der Waals surface area contributed by atoms with Gasteiger partial charge in [-0.2, -0.15) is 4.98 Å². The maximum absolute atomic E-state index is 12.4. The molecule has 8 heteroatoms. The van der Waals surface area contributed by atoms with Crippen molar-refractivity contribution >= 4 is 11.8 Å². The van der Waals surface area contributed by atoms with Crippen LogP contribution in [-0.4, -0.2) is 46.6 Å². The first-order valence-electron chi connectivity index (χ1n) is 9.71. The highest BCUT2D eigenvalue weighted by atomic mass is 16.5. The van der Waals surface area contributed by atoms with E-state index in [1.165, 1.54) is 6.42 Å². The number of ether oxygens (including phenoxy) is 1. The highest BCUT2D eigenvalue weighted by molar-refractivity contribution is 5.81. The first-order chi connectivity index (χ1) is 12.7. The number of rotatable bonds is 5. The Bertz CT molecular complexity index is 643. The molecule has 3 aliphatic rings. The van der Waals surface area contributed by atoms with Gasteiger partial charge in [0, 0.05) is 31.5 Å². The van der Waals surface area contributed by atoms with E-state index in [0.29, 0.717) is 24.8 Å². The predicted octanol–water partition coefficient (Wildman–Crippen LogP) is 1.58. The van der Waals surface area contributed by atoms with E-state index in [-0.39, 0.29) is 36.3 Å². The number of carbonyl (C=O) groups is 2. The van der Waals surface area contributed by atoms with Gasteiger partial charge in [0.15, 0.2) is 5.82 Å². The first-order valence-corrected chi connectivity index (χ1v) is 9.71. The molecule has 4 rings (SSSR count). The van der Waals surface area contributed by atoms with Crippen LogP contribution in [0.5, 0.6) is 0 Å². The molecule has 1 saturated carbocycles. The predicted molar refractivity (Wildman–Crippen MR) is 90.7 cm³/mol. The van der Waals surface area contributed by atoms with E-state index in [1.807, 2.05) is 4.90 Å². The molecule has 0 bridgehead atoms. The Labute approximate surface area is 152 Å². The SMILES string of the molecule is O=C(NCc1noc([C@@H]2CCCO2)n1)C1CCN(C(=O)C2CCC2)CC1. The van der Waals surface area contributed by atoms with E-state index in [1.54, 1.807) is 0 Å². The topological polar surface area (TPSA) is 97.6 Å². The number of aromatic nitrogens is 2. The lowest BCUT2D eigenvalue weighted by Crippen LogP contribution is -2.46. The summed E-state index contributed by atoms with van der Waals surface area (Å²) in [4.78, 5) is 30.9. The smallest absolute Gasteiger partial charge is 0.255 e. The fourth-order valence-corrected chi connectivity index (χ4v) is 3.83. The van der Waals surface area contributed by atoms with Gasteiger partial charge in [-0.3, -0.25) is 9.59 Å². The molecule has 2 amide bonds. The zero-order chi connectivity index (χ0) is 17.9. The minimum atomic E-state index is -0.107. The van der Waals surface area contributed by atoms with Crippen molar-refractivity contribution in [1.82, 2.24) is 20.4 Å². The molecule has 1 atom stereocenters. The fourth-order valence-electron chi connectivity index (χ4n) is 3.83. The van der Waals surface area contributed by atoms with Crippen LogP contribution in [0, 0.1) is 11.8 Å². The van der Waals surface area contributed by atoms with Gasteiger partial charge in [0.05, 0.1) is 6.54 Å². The molecule has 1 N–H and O–H groups in total. The Kier molecular flexibility index (Phi) is 5.19. The molecule has 1 aromatic heterocycles. The third-order valence-electron chi connectivity index (χ3n) is 5.74. The largest absolute Gasteiger partial charge is 0.368 e. The highest BCUT2D eigenvalue weighted by Gasteiger charge is 2.33. The minimum Gasteiger partial charge on any atom is -0.368 e. The summed E-state index contributed by atoms with van der Waals surface area (Å²) in [5.41, 5.74) is 0. The Morgan fingerprint density at radius 3 is 2.54 bits per heavy atom. The van der Waals surface area contributed by atoms with Crippen LogP contribution < -0.4 is 5.32 Å². The molecule has 3 fully saturated rings. The van der Waals surface area contributed by atoms with E-state index in [2.05, 4.69) is 15.5 Å². The van der Waals surface area contributed by atoms with Crippen molar-refractivity contribution in [2.75, 3.05) is 19.7 Å². The maximum Gasteiger partial charge on any atom is 0.255 e. The number of hydrogen-bond acceptors (Lipinski definition) is 6. The van der Waals surface area contributed by atoms with Crippen molar-refractivity contribution < 1.29 is 18.8 Å². The third kappa shape index (κ3) is 3.75.